The largest absolute Gasteiger partial charge is 0.325 e. The monoisotopic (exact) mass is 164 g/mol. The van der Waals surface area contributed by atoms with E-state index < -0.39 is 11.2 Å². The highest BCUT2D eigenvalue weighted by molar-refractivity contribution is 5.28. The van der Waals surface area contributed by atoms with E-state index in [1.807, 2.05) is 6.92 Å². The van der Waals surface area contributed by atoms with Crippen LogP contribution in [-0.2, 0) is 0 Å². The summed E-state index contributed by atoms with van der Waals surface area (Å²) in [5.74, 6) is 5.36. The number of nitrogens with one attached hydrogen (secondary N) is 2. The molecule has 1 rings (SSSR count). The number of hydrogen-bond acceptors (Lipinski definition) is 2. The average molecular weight is 164 g/mol. The van der Waals surface area contributed by atoms with Crippen LogP contribution in [0, 0.1) is 11.8 Å². The molecule has 1 aromatic rings. The second kappa shape index (κ2) is 3.58. The van der Waals surface area contributed by atoms with E-state index in [1.165, 1.54) is 6.20 Å². The SMILES string of the molecule is CCC#Cc1c[nH]c(=O)[nH]c1=O. The molecule has 4 nitrogen and oxygen atoms in total. The van der Waals surface area contributed by atoms with Gasteiger partial charge in [-0.05, 0) is 0 Å². The molecule has 0 atom stereocenters. The lowest BCUT2D eigenvalue weighted by molar-refractivity contribution is 1.03. The average Bonchev–Trinajstić information content (AvgIpc) is 2.03. The molecule has 0 radical (unpaired) electrons. The molecule has 0 saturated carbocycles. The van der Waals surface area contributed by atoms with Gasteiger partial charge in [0.15, 0.2) is 0 Å². The van der Waals surface area contributed by atoms with Crippen LogP contribution in [0.15, 0.2) is 15.8 Å². The van der Waals surface area contributed by atoms with Gasteiger partial charge in [0.1, 0.15) is 5.56 Å². The molecular weight excluding hydrogens is 156 g/mol. The van der Waals surface area contributed by atoms with Gasteiger partial charge in [0, 0.05) is 12.6 Å². The molecule has 2 N–H and O–H groups in total. The number of aromatic nitrogens is 2. The Hall–Kier alpha value is -1.76. The summed E-state index contributed by atoms with van der Waals surface area (Å²) >= 11 is 0. The van der Waals surface area contributed by atoms with Gasteiger partial charge in [-0.15, -0.1) is 0 Å². The number of rotatable bonds is 0. The fourth-order valence-corrected chi connectivity index (χ4v) is 0.686. The molecule has 62 valence electrons. The van der Waals surface area contributed by atoms with Crippen LogP contribution in [-0.4, -0.2) is 9.97 Å². The third kappa shape index (κ3) is 1.86. The van der Waals surface area contributed by atoms with Gasteiger partial charge in [-0.3, -0.25) is 9.78 Å². The van der Waals surface area contributed by atoms with E-state index in [9.17, 15) is 9.59 Å². The molecule has 0 aliphatic heterocycles. The maximum Gasteiger partial charge on any atom is 0.325 e. The summed E-state index contributed by atoms with van der Waals surface area (Å²) in [5, 5.41) is 0. The molecule has 0 aliphatic rings. The summed E-state index contributed by atoms with van der Waals surface area (Å²) in [6.45, 7) is 1.88. The van der Waals surface area contributed by atoms with Crippen LogP contribution < -0.4 is 11.2 Å². The number of hydrogen-bond donors (Lipinski definition) is 2. The Labute approximate surface area is 68.7 Å². The van der Waals surface area contributed by atoms with Gasteiger partial charge >= 0.3 is 5.69 Å². The molecule has 12 heavy (non-hydrogen) atoms. The fraction of sp³-hybridized carbons (Fsp3) is 0.250. The normalized spacial score (nSPS) is 8.75. The van der Waals surface area contributed by atoms with Gasteiger partial charge in [0.25, 0.3) is 5.56 Å². The van der Waals surface area contributed by atoms with Crippen LogP contribution >= 0.6 is 0 Å². The van der Waals surface area contributed by atoms with Crippen molar-refractivity contribution in [3.63, 3.8) is 0 Å². The first kappa shape index (κ1) is 8.34. The van der Waals surface area contributed by atoms with Crippen molar-refractivity contribution >= 4 is 0 Å². The van der Waals surface area contributed by atoms with Gasteiger partial charge < -0.3 is 4.98 Å². The van der Waals surface area contributed by atoms with Crippen molar-refractivity contribution in [3.8, 4) is 11.8 Å². The molecule has 0 amide bonds. The molecule has 0 bridgehead atoms. The standard InChI is InChI=1S/C8H8N2O2/c1-2-3-4-6-5-9-8(12)10-7(6)11/h5H,2H2,1H3,(H2,9,10,11,12). The smallest absolute Gasteiger partial charge is 0.313 e. The van der Waals surface area contributed by atoms with Gasteiger partial charge in [0.2, 0.25) is 0 Å². The van der Waals surface area contributed by atoms with E-state index in [1.54, 1.807) is 0 Å². The molecule has 0 saturated heterocycles. The summed E-state index contributed by atoms with van der Waals surface area (Å²) in [5.41, 5.74) is -0.668. The van der Waals surface area contributed by atoms with Gasteiger partial charge in [-0.2, -0.15) is 0 Å². The summed E-state index contributed by atoms with van der Waals surface area (Å²) < 4.78 is 0. The molecule has 1 heterocycles. The van der Waals surface area contributed by atoms with Crippen LogP contribution in [0.4, 0.5) is 0 Å². The van der Waals surface area contributed by atoms with Gasteiger partial charge in [-0.25, -0.2) is 4.79 Å². The zero-order valence-electron chi connectivity index (χ0n) is 6.60. The number of H-pyrrole nitrogens is 2. The predicted molar refractivity (Wildman–Crippen MR) is 44.9 cm³/mol. The van der Waals surface area contributed by atoms with Crippen molar-refractivity contribution in [3.05, 3.63) is 32.6 Å². The van der Waals surface area contributed by atoms with Crippen LogP contribution in [0.1, 0.15) is 18.9 Å². The van der Waals surface area contributed by atoms with E-state index >= 15 is 0 Å². The Bertz CT molecular complexity index is 431. The molecular formula is C8H8N2O2. The van der Waals surface area contributed by atoms with Crippen molar-refractivity contribution < 1.29 is 0 Å². The minimum absolute atomic E-state index is 0.288. The minimum atomic E-state index is -0.512. The second-order valence-electron chi connectivity index (χ2n) is 2.14. The van der Waals surface area contributed by atoms with E-state index in [2.05, 4.69) is 21.8 Å². The second-order valence-corrected chi connectivity index (χ2v) is 2.14. The highest BCUT2D eigenvalue weighted by Gasteiger charge is 1.93. The van der Waals surface area contributed by atoms with Crippen LogP contribution in [0.2, 0.25) is 0 Å². The topological polar surface area (TPSA) is 65.7 Å². The Balaban J connectivity index is 3.19. The van der Waals surface area contributed by atoms with Crippen molar-refractivity contribution in [1.82, 2.24) is 9.97 Å². The third-order valence-corrected chi connectivity index (χ3v) is 1.22. The molecule has 0 unspecified atom stereocenters. The first-order valence-electron chi connectivity index (χ1n) is 3.55. The van der Waals surface area contributed by atoms with Crippen molar-refractivity contribution in [2.24, 2.45) is 0 Å². The van der Waals surface area contributed by atoms with Gasteiger partial charge in [-0.1, -0.05) is 18.8 Å². The molecule has 0 spiro atoms. The maximum atomic E-state index is 11.0. The van der Waals surface area contributed by atoms with Crippen molar-refractivity contribution in [2.75, 3.05) is 0 Å². The van der Waals surface area contributed by atoms with Crippen molar-refractivity contribution in [1.29, 1.82) is 0 Å². The first-order valence-corrected chi connectivity index (χ1v) is 3.55. The lowest BCUT2D eigenvalue weighted by Crippen LogP contribution is -2.23. The molecule has 0 fully saturated rings. The Morgan fingerprint density at radius 3 is 2.83 bits per heavy atom. The Morgan fingerprint density at radius 2 is 2.25 bits per heavy atom. The summed E-state index contributed by atoms with van der Waals surface area (Å²) in [6.07, 6.45) is 1.99. The summed E-state index contributed by atoms with van der Waals surface area (Å²) in [7, 11) is 0. The van der Waals surface area contributed by atoms with Gasteiger partial charge in [0.05, 0.1) is 0 Å². The lowest BCUT2D eigenvalue weighted by atomic mass is 10.3. The van der Waals surface area contributed by atoms with Crippen molar-refractivity contribution in [2.45, 2.75) is 13.3 Å². The van der Waals surface area contributed by atoms with E-state index in [-0.39, 0.29) is 5.56 Å². The fourth-order valence-electron chi connectivity index (χ4n) is 0.686. The first-order chi connectivity index (χ1) is 5.74. The molecule has 4 heteroatoms. The summed E-state index contributed by atoms with van der Waals surface area (Å²) in [6, 6.07) is 0. The van der Waals surface area contributed by atoms with E-state index in [0.29, 0.717) is 6.42 Å². The molecule has 0 aromatic carbocycles. The van der Waals surface area contributed by atoms with E-state index in [4.69, 9.17) is 0 Å². The molecule has 0 aliphatic carbocycles. The lowest BCUT2D eigenvalue weighted by Gasteiger charge is -1.85. The Kier molecular flexibility index (Phi) is 2.49. The highest BCUT2D eigenvalue weighted by atomic mass is 16.2. The highest BCUT2D eigenvalue weighted by Crippen LogP contribution is 1.79. The maximum absolute atomic E-state index is 11.0. The van der Waals surface area contributed by atoms with Crippen LogP contribution in [0.3, 0.4) is 0 Å². The van der Waals surface area contributed by atoms with Crippen LogP contribution in [0.25, 0.3) is 0 Å². The summed E-state index contributed by atoms with van der Waals surface area (Å²) in [4.78, 5) is 25.9. The molecule has 1 aromatic heterocycles. The zero-order valence-corrected chi connectivity index (χ0v) is 6.60. The third-order valence-electron chi connectivity index (χ3n) is 1.22. The predicted octanol–water partition coefficient (Wildman–Crippen LogP) is -0.175. The minimum Gasteiger partial charge on any atom is -0.313 e. The van der Waals surface area contributed by atoms with E-state index in [0.717, 1.165) is 0 Å². The van der Waals surface area contributed by atoms with Crippen LogP contribution in [0.5, 0.6) is 0 Å². The quantitative estimate of drug-likeness (QED) is 0.522. The zero-order chi connectivity index (χ0) is 8.97. The Morgan fingerprint density at radius 1 is 1.50 bits per heavy atom. The number of aromatic amines is 2.